The highest BCUT2D eigenvalue weighted by Crippen LogP contribution is 2.13. The number of aliphatic carboxylic acids is 1. The van der Waals surface area contributed by atoms with Crippen LogP contribution in [0.3, 0.4) is 0 Å². The van der Waals surface area contributed by atoms with E-state index >= 15 is 0 Å². The first-order chi connectivity index (χ1) is 8.63. The second-order valence-corrected chi connectivity index (χ2v) is 5.01. The first-order valence-electron chi connectivity index (χ1n) is 6.04. The van der Waals surface area contributed by atoms with Crippen molar-refractivity contribution >= 4 is 42.4 Å². The van der Waals surface area contributed by atoms with Gasteiger partial charge in [0.15, 0.2) is 0 Å². The van der Waals surface area contributed by atoms with Gasteiger partial charge in [-0.25, -0.2) is 0 Å². The standard InChI is InChI=1S/C13H17ClN2O2.2ClH/c14-12-3-1-2-11(8-12)9-15-4-6-16(7-5-15)10-13(17)18;;/h1-3,8H,4-7,9-10H2,(H,17,18);2*1H. The molecule has 4 nitrogen and oxygen atoms in total. The molecule has 0 amide bonds. The van der Waals surface area contributed by atoms with E-state index in [0.717, 1.165) is 37.7 Å². The quantitative estimate of drug-likeness (QED) is 0.913. The number of hydrogen-bond acceptors (Lipinski definition) is 3. The van der Waals surface area contributed by atoms with E-state index in [4.69, 9.17) is 16.7 Å². The maximum absolute atomic E-state index is 10.6. The van der Waals surface area contributed by atoms with E-state index in [9.17, 15) is 4.79 Å². The second kappa shape index (κ2) is 9.42. The van der Waals surface area contributed by atoms with E-state index < -0.39 is 5.97 Å². The highest BCUT2D eigenvalue weighted by atomic mass is 35.5. The number of piperazine rings is 1. The van der Waals surface area contributed by atoms with Crippen LogP contribution in [-0.2, 0) is 11.3 Å². The van der Waals surface area contributed by atoms with Crippen molar-refractivity contribution in [2.45, 2.75) is 6.54 Å². The number of rotatable bonds is 4. The minimum Gasteiger partial charge on any atom is -0.480 e. The summed E-state index contributed by atoms with van der Waals surface area (Å²) >= 11 is 5.95. The van der Waals surface area contributed by atoms with Crippen molar-refractivity contribution in [1.82, 2.24) is 9.80 Å². The molecule has 0 bridgehead atoms. The molecule has 0 unspecified atom stereocenters. The third kappa shape index (κ3) is 6.29. The Bertz CT molecular complexity index is 424. The summed E-state index contributed by atoms with van der Waals surface area (Å²) in [5, 5.41) is 9.49. The van der Waals surface area contributed by atoms with E-state index in [1.54, 1.807) is 0 Å². The van der Waals surface area contributed by atoms with Gasteiger partial charge in [0.25, 0.3) is 0 Å². The van der Waals surface area contributed by atoms with Crippen LogP contribution in [0.25, 0.3) is 0 Å². The lowest BCUT2D eigenvalue weighted by Gasteiger charge is -2.33. The Morgan fingerprint density at radius 3 is 2.30 bits per heavy atom. The molecule has 1 N–H and O–H groups in total. The highest BCUT2D eigenvalue weighted by Gasteiger charge is 2.18. The van der Waals surface area contributed by atoms with Crippen LogP contribution >= 0.6 is 36.4 Å². The molecule has 0 aromatic heterocycles. The summed E-state index contributed by atoms with van der Waals surface area (Å²) in [6.45, 7) is 4.45. The number of nitrogens with zero attached hydrogens (tertiary/aromatic N) is 2. The summed E-state index contributed by atoms with van der Waals surface area (Å²) in [5.74, 6) is -0.752. The number of carbonyl (C=O) groups is 1. The predicted molar refractivity (Wildman–Crippen MR) is 85.3 cm³/mol. The summed E-state index contributed by atoms with van der Waals surface area (Å²) in [6.07, 6.45) is 0. The van der Waals surface area contributed by atoms with Crippen LogP contribution < -0.4 is 0 Å². The maximum Gasteiger partial charge on any atom is 0.317 e. The van der Waals surface area contributed by atoms with Crippen molar-refractivity contribution in [2.24, 2.45) is 0 Å². The lowest BCUT2D eigenvalue weighted by atomic mass is 10.2. The van der Waals surface area contributed by atoms with Crippen molar-refractivity contribution in [2.75, 3.05) is 32.7 Å². The van der Waals surface area contributed by atoms with Gasteiger partial charge < -0.3 is 5.11 Å². The molecule has 0 radical (unpaired) electrons. The van der Waals surface area contributed by atoms with Crippen LogP contribution in [0, 0.1) is 0 Å². The lowest BCUT2D eigenvalue weighted by molar-refractivity contribution is -0.138. The van der Waals surface area contributed by atoms with Crippen LogP contribution in [0.5, 0.6) is 0 Å². The van der Waals surface area contributed by atoms with E-state index in [-0.39, 0.29) is 31.4 Å². The van der Waals surface area contributed by atoms with Crippen LogP contribution in [0.1, 0.15) is 5.56 Å². The molecule has 1 aromatic rings. The summed E-state index contributed by atoms with van der Waals surface area (Å²) < 4.78 is 0. The van der Waals surface area contributed by atoms with Gasteiger partial charge in [-0.15, -0.1) is 24.8 Å². The van der Waals surface area contributed by atoms with Gasteiger partial charge in [-0.3, -0.25) is 14.6 Å². The molecule has 1 saturated heterocycles. The van der Waals surface area contributed by atoms with Gasteiger partial charge in [-0.1, -0.05) is 23.7 Å². The Kier molecular flexibility index (Phi) is 9.18. The fraction of sp³-hybridized carbons (Fsp3) is 0.462. The van der Waals surface area contributed by atoms with Gasteiger partial charge in [0.05, 0.1) is 6.54 Å². The van der Waals surface area contributed by atoms with Gasteiger partial charge in [0.1, 0.15) is 0 Å². The number of benzene rings is 1. The first-order valence-corrected chi connectivity index (χ1v) is 6.42. The van der Waals surface area contributed by atoms with Crippen LogP contribution in [0.15, 0.2) is 24.3 Å². The molecule has 0 saturated carbocycles. The zero-order valence-electron chi connectivity index (χ0n) is 11.0. The van der Waals surface area contributed by atoms with Gasteiger partial charge in [-0.05, 0) is 17.7 Å². The molecule has 0 aliphatic carbocycles. The number of halogens is 3. The first kappa shape index (κ1) is 19.5. The molecule has 0 atom stereocenters. The van der Waals surface area contributed by atoms with Crippen molar-refractivity contribution in [3.63, 3.8) is 0 Å². The van der Waals surface area contributed by atoms with E-state index in [1.165, 1.54) is 5.56 Å². The molecule has 2 rings (SSSR count). The summed E-state index contributed by atoms with van der Waals surface area (Å²) in [7, 11) is 0. The average molecular weight is 342 g/mol. The van der Waals surface area contributed by atoms with Gasteiger partial charge in [-0.2, -0.15) is 0 Å². The minimum atomic E-state index is -0.752. The molecule has 1 aromatic carbocycles. The zero-order chi connectivity index (χ0) is 13.0. The molecular weight excluding hydrogens is 323 g/mol. The summed E-state index contributed by atoms with van der Waals surface area (Å²) in [4.78, 5) is 14.9. The summed E-state index contributed by atoms with van der Waals surface area (Å²) in [6, 6.07) is 7.87. The minimum absolute atomic E-state index is 0. The van der Waals surface area contributed by atoms with Crippen molar-refractivity contribution in [3.05, 3.63) is 34.9 Å². The largest absolute Gasteiger partial charge is 0.480 e. The molecule has 7 heteroatoms. The third-order valence-electron chi connectivity index (χ3n) is 3.12. The molecular formula is C13H19Cl3N2O2. The molecule has 1 aliphatic rings. The monoisotopic (exact) mass is 340 g/mol. The molecule has 114 valence electrons. The van der Waals surface area contributed by atoms with Crippen LogP contribution in [0.4, 0.5) is 0 Å². The van der Waals surface area contributed by atoms with Gasteiger partial charge in [0, 0.05) is 37.7 Å². The molecule has 20 heavy (non-hydrogen) atoms. The number of carboxylic acids is 1. The maximum atomic E-state index is 10.6. The smallest absolute Gasteiger partial charge is 0.317 e. The Hall–Kier alpha value is -0.520. The highest BCUT2D eigenvalue weighted by molar-refractivity contribution is 6.30. The van der Waals surface area contributed by atoms with Crippen LogP contribution in [-0.4, -0.2) is 53.6 Å². The summed E-state index contributed by atoms with van der Waals surface area (Å²) in [5.41, 5.74) is 1.20. The van der Waals surface area contributed by atoms with Crippen molar-refractivity contribution in [1.29, 1.82) is 0 Å². The third-order valence-corrected chi connectivity index (χ3v) is 3.35. The predicted octanol–water partition coefficient (Wildman–Crippen LogP) is 2.39. The Balaban J connectivity index is 0.00000180. The molecule has 1 aliphatic heterocycles. The average Bonchev–Trinajstić information content (AvgIpc) is 2.31. The number of carboxylic acid groups (broad SMARTS) is 1. The van der Waals surface area contributed by atoms with Crippen LogP contribution in [0.2, 0.25) is 5.02 Å². The topological polar surface area (TPSA) is 43.8 Å². The van der Waals surface area contributed by atoms with E-state index in [2.05, 4.69) is 11.0 Å². The normalized spacial score (nSPS) is 16.1. The second-order valence-electron chi connectivity index (χ2n) is 4.58. The Morgan fingerprint density at radius 1 is 1.15 bits per heavy atom. The molecule has 0 spiro atoms. The van der Waals surface area contributed by atoms with E-state index in [1.807, 2.05) is 23.1 Å². The van der Waals surface area contributed by atoms with Crippen molar-refractivity contribution < 1.29 is 9.90 Å². The Morgan fingerprint density at radius 2 is 1.75 bits per heavy atom. The van der Waals surface area contributed by atoms with Gasteiger partial charge >= 0.3 is 5.97 Å². The molecule has 1 heterocycles. The van der Waals surface area contributed by atoms with Crippen molar-refractivity contribution in [3.8, 4) is 0 Å². The molecule has 1 fully saturated rings. The fourth-order valence-corrected chi connectivity index (χ4v) is 2.40. The zero-order valence-corrected chi connectivity index (χ0v) is 13.4. The Labute approximate surface area is 136 Å². The van der Waals surface area contributed by atoms with E-state index in [0.29, 0.717) is 0 Å². The lowest BCUT2D eigenvalue weighted by Crippen LogP contribution is -2.47. The SMILES string of the molecule is Cl.Cl.O=C(O)CN1CCN(Cc2cccc(Cl)c2)CC1. The number of hydrogen-bond donors (Lipinski definition) is 1. The van der Waals surface area contributed by atoms with Gasteiger partial charge in [0.2, 0.25) is 0 Å². The fourth-order valence-electron chi connectivity index (χ4n) is 2.19.